The second-order valence-corrected chi connectivity index (χ2v) is 13.0. The number of nitrogens with zero attached hydrogens (tertiary/aromatic N) is 2. The minimum absolute atomic E-state index is 0.0189. The fourth-order valence-electron chi connectivity index (χ4n) is 6.23. The summed E-state index contributed by atoms with van der Waals surface area (Å²) in [7, 11) is 1.36. The maximum atomic E-state index is 14.2. The van der Waals surface area contributed by atoms with Crippen molar-refractivity contribution < 1.29 is 45.1 Å². The smallest absolute Gasteiger partial charge is 0.416 e. The number of hydrogen-bond acceptors (Lipinski definition) is 4. The Balaban J connectivity index is 1.83. The number of aryl methyl sites for hydroxylation is 1. The number of pyridine rings is 1. The zero-order valence-corrected chi connectivity index (χ0v) is 27.5. The van der Waals surface area contributed by atoms with Crippen LogP contribution < -0.4 is 4.90 Å². The molecule has 1 aliphatic rings. The number of likely N-dealkylation sites (N-methyl/N-ethyl adjacent to an activating group) is 1. The van der Waals surface area contributed by atoms with Crippen molar-refractivity contribution in [1.82, 2.24) is 4.98 Å². The number of alkyl halides is 6. The van der Waals surface area contributed by atoms with Gasteiger partial charge in [-0.2, -0.15) is 26.3 Å². The standard InChI is InChI=1S/C36H37F7N2O3/c1-7-48-31(46)14-22-9-8-12-34(5,19-22)30-18-28(27-11-10-26(37)13-21(27)2)29(20-44-30)45(6)32(47)33(3,4)23-15-24(35(38,39)40)17-25(16-23)36(41,42)43/h10-11,13-18,20H,7-9,12,19H2,1-6H3/b22-14-. The van der Waals surface area contributed by atoms with E-state index in [1.54, 1.807) is 19.9 Å². The van der Waals surface area contributed by atoms with Crippen LogP contribution in [0.25, 0.3) is 11.1 Å². The Morgan fingerprint density at radius 3 is 2.12 bits per heavy atom. The molecule has 1 fully saturated rings. The van der Waals surface area contributed by atoms with Crippen LogP contribution in [0.15, 0.2) is 60.3 Å². The number of amides is 1. The molecule has 1 amide bonds. The second-order valence-electron chi connectivity index (χ2n) is 13.0. The zero-order chi connectivity index (χ0) is 35.8. The molecule has 4 rings (SSSR count). The summed E-state index contributed by atoms with van der Waals surface area (Å²) in [6.07, 6.45) is -4.56. The van der Waals surface area contributed by atoms with Crippen molar-refractivity contribution >= 4 is 17.6 Å². The van der Waals surface area contributed by atoms with Gasteiger partial charge in [0.2, 0.25) is 5.91 Å². The number of aromatic nitrogens is 1. The van der Waals surface area contributed by atoms with Crippen LogP contribution in [0.1, 0.15) is 81.3 Å². The average Bonchev–Trinajstić information content (AvgIpc) is 2.99. The molecule has 0 bridgehead atoms. The fourth-order valence-corrected chi connectivity index (χ4v) is 6.23. The first kappa shape index (κ1) is 36.6. The van der Waals surface area contributed by atoms with Gasteiger partial charge in [0.25, 0.3) is 0 Å². The van der Waals surface area contributed by atoms with Crippen molar-refractivity contribution in [3.8, 4) is 11.1 Å². The van der Waals surface area contributed by atoms with Crippen molar-refractivity contribution in [2.75, 3.05) is 18.6 Å². The summed E-state index contributed by atoms with van der Waals surface area (Å²) in [6.45, 7) is 8.15. The lowest BCUT2D eigenvalue weighted by Crippen LogP contribution is -2.42. The summed E-state index contributed by atoms with van der Waals surface area (Å²) in [5, 5.41) is 0. The number of halogens is 7. The van der Waals surface area contributed by atoms with Gasteiger partial charge in [0.05, 0.1) is 35.0 Å². The van der Waals surface area contributed by atoms with Gasteiger partial charge in [0.15, 0.2) is 0 Å². The first-order valence-corrected chi connectivity index (χ1v) is 15.4. The highest BCUT2D eigenvalue weighted by Crippen LogP contribution is 2.45. The fraction of sp³-hybridized carbons (Fsp3) is 0.417. The van der Waals surface area contributed by atoms with E-state index in [-0.39, 0.29) is 18.4 Å². The van der Waals surface area contributed by atoms with Crippen molar-refractivity contribution in [2.45, 2.75) is 83.5 Å². The maximum Gasteiger partial charge on any atom is 0.416 e. The molecule has 12 heteroatoms. The van der Waals surface area contributed by atoms with Gasteiger partial charge in [-0.05, 0) is 106 Å². The third kappa shape index (κ3) is 7.73. The molecule has 0 saturated heterocycles. The Labute approximate surface area is 274 Å². The summed E-state index contributed by atoms with van der Waals surface area (Å²) < 4.78 is 101. The van der Waals surface area contributed by atoms with Gasteiger partial charge in [0, 0.05) is 29.8 Å². The molecule has 1 aliphatic carbocycles. The number of benzene rings is 2. The van der Waals surface area contributed by atoms with Crippen molar-refractivity contribution in [3.05, 3.63) is 94.1 Å². The highest BCUT2D eigenvalue weighted by molar-refractivity contribution is 6.03. The van der Waals surface area contributed by atoms with Crippen LogP contribution in [-0.2, 0) is 37.5 Å². The molecule has 1 atom stereocenters. The minimum Gasteiger partial charge on any atom is -0.463 e. The van der Waals surface area contributed by atoms with Crippen LogP contribution in [0.5, 0.6) is 0 Å². The molecule has 1 heterocycles. The topological polar surface area (TPSA) is 59.5 Å². The van der Waals surface area contributed by atoms with Gasteiger partial charge in [0.1, 0.15) is 5.82 Å². The molecule has 48 heavy (non-hydrogen) atoms. The Bertz CT molecular complexity index is 1710. The number of anilines is 1. The Morgan fingerprint density at radius 2 is 1.56 bits per heavy atom. The zero-order valence-electron chi connectivity index (χ0n) is 27.5. The van der Waals surface area contributed by atoms with Gasteiger partial charge in [-0.1, -0.05) is 18.6 Å². The number of carbonyl (C=O) groups is 2. The molecule has 1 aromatic heterocycles. The molecule has 1 saturated carbocycles. The van der Waals surface area contributed by atoms with Crippen molar-refractivity contribution in [3.63, 3.8) is 0 Å². The summed E-state index contributed by atoms with van der Waals surface area (Å²) in [6, 6.07) is 7.00. The van der Waals surface area contributed by atoms with Crippen LogP contribution in [0.4, 0.5) is 36.4 Å². The minimum atomic E-state index is -5.09. The van der Waals surface area contributed by atoms with E-state index in [1.165, 1.54) is 51.4 Å². The molecule has 0 N–H and O–H groups in total. The van der Waals surface area contributed by atoms with E-state index in [2.05, 4.69) is 0 Å². The lowest BCUT2D eigenvalue weighted by Gasteiger charge is -2.36. The number of carbonyl (C=O) groups excluding carboxylic acids is 2. The SMILES string of the molecule is CCOC(=O)/C=C1/CCCC(C)(c2cc(-c3ccc(F)cc3C)c(N(C)C(=O)C(C)(C)c3cc(C(F)(F)F)cc(C(F)(F)F)c3)cn2)C1. The molecule has 258 valence electrons. The molecule has 3 aromatic rings. The number of esters is 1. The van der Waals surface area contributed by atoms with E-state index in [9.17, 15) is 40.3 Å². The van der Waals surface area contributed by atoms with Gasteiger partial charge in [-0.3, -0.25) is 9.78 Å². The van der Waals surface area contributed by atoms with Gasteiger partial charge in [-0.25, -0.2) is 9.18 Å². The third-order valence-electron chi connectivity index (χ3n) is 8.94. The average molecular weight is 679 g/mol. The molecule has 0 radical (unpaired) electrons. The largest absolute Gasteiger partial charge is 0.463 e. The number of allylic oxidation sites excluding steroid dienone is 1. The van der Waals surface area contributed by atoms with Crippen molar-refractivity contribution in [2.24, 2.45) is 0 Å². The summed E-state index contributed by atoms with van der Waals surface area (Å²) in [4.78, 5) is 32.1. The molecule has 0 aliphatic heterocycles. The molecular weight excluding hydrogens is 641 g/mol. The van der Waals surface area contributed by atoms with Gasteiger partial charge >= 0.3 is 18.3 Å². The molecule has 1 unspecified atom stereocenters. The maximum absolute atomic E-state index is 14.2. The molecule has 0 spiro atoms. The highest BCUT2D eigenvalue weighted by Gasteiger charge is 2.42. The Kier molecular flexibility index (Phi) is 10.2. The van der Waals surface area contributed by atoms with Gasteiger partial charge in [-0.15, -0.1) is 0 Å². The predicted octanol–water partition coefficient (Wildman–Crippen LogP) is 9.50. The van der Waals surface area contributed by atoms with Crippen molar-refractivity contribution in [1.29, 1.82) is 0 Å². The number of ether oxygens (including phenoxy) is 1. The predicted molar refractivity (Wildman–Crippen MR) is 168 cm³/mol. The lowest BCUT2D eigenvalue weighted by atomic mass is 9.70. The van der Waals surface area contributed by atoms with E-state index < -0.39 is 57.6 Å². The number of hydrogen-bond donors (Lipinski definition) is 0. The first-order chi connectivity index (χ1) is 22.2. The van der Waals surface area contributed by atoms with Crippen LogP contribution in [0, 0.1) is 12.7 Å². The van der Waals surface area contributed by atoms with E-state index in [0.717, 1.165) is 23.3 Å². The van der Waals surface area contributed by atoms with Crippen LogP contribution >= 0.6 is 0 Å². The van der Waals surface area contributed by atoms with Gasteiger partial charge < -0.3 is 9.64 Å². The van der Waals surface area contributed by atoms with E-state index in [0.29, 0.717) is 47.4 Å². The molecule has 2 aromatic carbocycles. The normalized spacial score (nSPS) is 18.1. The molecular formula is C36H37F7N2O3. The molecule has 5 nitrogen and oxygen atoms in total. The van der Waals surface area contributed by atoms with E-state index >= 15 is 0 Å². The van der Waals surface area contributed by atoms with E-state index in [4.69, 9.17) is 9.72 Å². The quantitative estimate of drug-likeness (QED) is 0.142. The summed E-state index contributed by atoms with van der Waals surface area (Å²) >= 11 is 0. The highest BCUT2D eigenvalue weighted by atomic mass is 19.4. The summed E-state index contributed by atoms with van der Waals surface area (Å²) in [5.74, 6) is -1.72. The Hall–Kier alpha value is -4.22. The monoisotopic (exact) mass is 678 g/mol. The van der Waals surface area contributed by atoms with E-state index in [1.807, 2.05) is 6.92 Å². The number of rotatable bonds is 7. The summed E-state index contributed by atoms with van der Waals surface area (Å²) in [5.41, 5.74) is -2.64. The van der Waals surface area contributed by atoms with Crippen LogP contribution in [0.3, 0.4) is 0 Å². The van der Waals surface area contributed by atoms with Crippen LogP contribution in [0.2, 0.25) is 0 Å². The first-order valence-electron chi connectivity index (χ1n) is 15.4. The third-order valence-corrected chi connectivity index (χ3v) is 8.94. The van der Waals surface area contributed by atoms with Crippen LogP contribution in [-0.4, -0.2) is 30.5 Å². The Morgan fingerprint density at radius 1 is 0.958 bits per heavy atom. The second kappa shape index (κ2) is 13.4. The lowest BCUT2D eigenvalue weighted by molar-refractivity contribution is -0.143.